The predicted molar refractivity (Wildman–Crippen MR) is 81.2 cm³/mol. The largest absolute Gasteiger partial charge is 0.491 e. The molecule has 0 radical (unpaired) electrons. The normalized spacial score (nSPS) is 14.1. The van der Waals surface area contributed by atoms with Crippen LogP contribution in [0.4, 0.5) is 0 Å². The van der Waals surface area contributed by atoms with Gasteiger partial charge in [-0.05, 0) is 44.4 Å². The van der Waals surface area contributed by atoms with Crippen LogP contribution in [0, 0.1) is 19.8 Å². The van der Waals surface area contributed by atoms with E-state index in [9.17, 15) is 5.11 Å². The molecule has 4 nitrogen and oxygen atoms in total. The quantitative estimate of drug-likeness (QED) is 0.644. The third-order valence-electron chi connectivity index (χ3n) is 3.26. The molecule has 0 fully saturated rings. The van der Waals surface area contributed by atoms with Crippen LogP contribution in [-0.4, -0.2) is 42.6 Å². The van der Waals surface area contributed by atoms with E-state index in [-0.39, 0.29) is 13.2 Å². The Bertz CT molecular complexity index is 395. The molecule has 0 bridgehead atoms. The second kappa shape index (κ2) is 8.95. The summed E-state index contributed by atoms with van der Waals surface area (Å²) in [6, 6.07) is 6.01. The Labute approximate surface area is 121 Å². The van der Waals surface area contributed by atoms with E-state index in [0.717, 1.165) is 24.3 Å². The number of ether oxygens (including phenoxy) is 1. The third kappa shape index (κ3) is 6.37. The van der Waals surface area contributed by atoms with Crippen molar-refractivity contribution >= 4 is 0 Å². The maximum atomic E-state index is 9.86. The van der Waals surface area contributed by atoms with Gasteiger partial charge in [-0.25, -0.2) is 0 Å². The summed E-state index contributed by atoms with van der Waals surface area (Å²) >= 11 is 0. The van der Waals surface area contributed by atoms with Crippen LogP contribution in [0.1, 0.15) is 24.5 Å². The lowest BCUT2D eigenvalue weighted by Gasteiger charge is -2.16. The van der Waals surface area contributed by atoms with Gasteiger partial charge in [0.2, 0.25) is 0 Å². The van der Waals surface area contributed by atoms with Gasteiger partial charge in [0.05, 0.1) is 0 Å². The van der Waals surface area contributed by atoms with Crippen molar-refractivity contribution in [2.45, 2.75) is 33.3 Å². The number of aryl methyl sites for hydroxylation is 2. The van der Waals surface area contributed by atoms with Gasteiger partial charge in [-0.2, -0.15) is 0 Å². The van der Waals surface area contributed by atoms with Crippen molar-refractivity contribution in [1.82, 2.24) is 5.32 Å². The van der Waals surface area contributed by atoms with Crippen molar-refractivity contribution in [2.24, 2.45) is 5.92 Å². The number of aliphatic hydroxyl groups excluding tert-OH is 2. The molecule has 4 heteroatoms. The SMILES string of the molecule is Cc1ccc(OCC(O)CNCC(C)CCO)c(C)c1. The van der Waals surface area contributed by atoms with Crippen molar-refractivity contribution in [3.8, 4) is 5.75 Å². The molecule has 0 amide bonds. The second-order valence-corrected chi connectivity index (χ2v) is 5.51. The molecule has 0 saturated carbocycles. The molecule has 0 aliphatic rings. The molecule has 3 N–H and O–H groups in total. The molecule has 0 spiro atoms. The van der Waals surface area contributed by atoms with Crippen molar-refractivity contribution in [1.29, 1.82) is 0 Å². The van der Waals surface area contributed by atoms with Gasteiger partial charge in [0.15, 0.2) is 0 Å². The first-order valence-electron chi connectivity index (χ1n) is 7.22. The Morgan fingerprint density at radius 1 is 1.25 bits per heavy atom. The minimum absolute atomic E-state index is 0.210. The lowest BCUT2D eigenvalue weighted by molar-refractivity contribution is 0.105. The standard InChI is InChI=1S/C16H27NO3/c1-12-4-5-16(14(3)8-12)20-11-15(19)10-17-9-13(2)6-7-18/h4-5,8,13,15,17-19H,6-7,9-11H2,1-3H3. The Balaban J connectivity index is 2.24. The average molecular weight is 281 g/mol. The zero-order chi connectivity index (χ0) is 15.0. The Morgan fingerprint density at radius 2 is 2.00 bits per heavy atom. The van der Waals surface area contributed by atoms with Crippen molar-refractivity contribution in [3.63, 3.8) is 0 Å². The van der Waals surface area contributed by atoms with Crippen molar-refractivity contribution in [3.05, 3.63) is 29.3 Å². The van der Waals surface area contributed by atoms with E-state index in [0.29, 0.717) is 12.5 Å². The van der Waals surface area contributed by atoms with Crippen LogP contribution in [0.5, 0.6) is 5.75 Å². The fraction of sp³-hybridized carbons (Fsp3) is 0.625. The molecule has 2 atom stereocenters. The first-order valence-corrected chi connectivity index (χ1v) is 7.22. The van der Waals surface area contributed by atoms with E-state index in [4.69, 9.17) is 9.84 Å². The van der Waals surface area contributed by atoms with Gasteiger partial charge < -0.3 is 20.3 Å². The van der Waals surface area contributed by atoms with E-state index in [1.165, 1.54) is 5.56 Å². The number of hydrogen-bond acceptors (Lipinski definition) is 4. The molecule has 1 aromatic carbocycles. The lowest BCUT2D eigenvalue weighted by Crippen LogP contribution is -2.34. The topological polar surface area (TPSA) is 61.7 Å². The summed E-state index contributed by atoms with van der Waals surface area (Å²) in [7, 11) is 0. The highest BCUT2D eigenvalue weighted by atomic mass is 16.5. The van der Waals surface area contributed by atoms with Crippen LogP contribution >= 0.6 is 0 Å². The minimum Gasteiger partial charge on any atom is -0.491 e. The van der Waals surface area contributed by atoms with E-state index in [1.54, 1.807) is 0 Å². The van der Waals surface area contributed by atoms with Crippen LogP contribution in [0.25, 0.3) is 0 Å². The zero-order valence-corrected chi connectivity index (χ0v) is 12.7. The van der Waals surface area contributed by atoms with Gasteiger partial charge in [-0.3, -0.25) is 0 Å². The van der Waals surface area contributed by atoms with Gasteiger partial charge in [-0.15, -0.1) is 0 Å². The summed E-state index contributed by atoms with van der Waals surface area (Å²) in [5, 5.41) is 21.9. The summed E-state index contributed by atoms with van der Waals surface area (Å²) in [6.07, 6.45) is 0.249. The first-order chi connectivity index (χ1) is 9.52. The smallest absolute Gasteiger partial charge is 0.122 e. The zero-order valence-electron chi connectivity index (χ0n) is 12.7. The minimum atomic E-state index is -0.531. The molecule has 0 heterocycles. The number of rotatable bonds is 9. The molecule has 0 aliphatic heterocycles. The molecule has 1 aromatic rings. The highest BCUT2D eigenvalue weighted by Gasteiger charge is 2.08. The van der Waals surface area contributed by atoms with Gasteiger partial charge >= 0.3 is 0 Å². The number of nitrogens with one attached hydrogen (secondary N) is 1. The molecule has 20 heavy (non-hydrogen) atoms. The molecule has 2 unspecified atom stereocenters. The second-order valence-electron chi connectivity index (χ2n) is 5.51. The van der Waals surface area contributed by atoms with Crippen LogP contribution in [0.2, 0.25) is 0 Å². The first kappa shape index (κ1) is 17.0. The van der Waals surface area contributed by atoms with Gasteiger partial charge in [-0.1, -0.05) is 24.6 Å². The van der Waals surface area contributed by atoms with Crippen molar-refractivity contribution in [2.75, 3.05) is 26.3 Å². The van der Waals surface area contributed by atoms with Crippen LogP contribution in [-0.2, 0) is 0 Å². The van der Waals surface area contributed by atoms with Crippen molar-refractivity contribution < 1.29 is 14.9 Å². The summed E-state index contributed by atoms with van der Waals surface area (Å²) in [5.74, 6) is 1.23. The summed E-state index contributed by atoms with van der Waals surface area (Å²) in [4.78, 5) is 0. The van der Waals surface area contributed by atoms with Crippen LogP contribution < -0.4 is 10.1 Å². The maximum absolute atomic E-state index is 9.86. The molecule has 1 rings (SSSR count). The summed E-state index contributed by atoms with van der Waals surface area (Å²) in [5.41, 5.74) is 2.29. The lowest BCUT2D eigenvalue weighted by atomic mass is 10.1. The van der Waals surface area contributed by atoms with E-state index in [2.05, 4.69) is 18.3 Å². The molecule has 0 aliphatic carbocycles. The summed E-state index contributed by atoms with van der Waals surface area (Å²) in [6.45, 7) is 7.91. The number of benzene rings is 1. The fourth-order valence-corrected chi connectivity index (χ4v) is 2.02. The predicted octanol–water partition coefficient (Wildman–Crippen LogP) is 1.65. The van der Waals surface area contributed by atoms with E-state index in [1.807, 2.05) is 26.0 Å². The average Bonchev–Trinajstić information content (AvgIpc) is 2.38. The van der Waals surface area contributed by atoms with E-state index < -0.39 is 6.10 Å². The van der Waals surface area contributed by atoms with Gasteiger partial charge in [0.1, 0.15) is 18.5 Å². The monoisotopic (exact) mass is 281 g/mol. The highest BCUT2D eigenvalue weighted by molar-refractivity contribution is 5.35. The van der Waals surface area contributed by atoms with E-state index >= 15 is 0 Å². The number of hydrogen-bond donors (Lipinski definition) is 3. The van der Waals surface area contributed by atoms with Gasteiger partial charge in [0, 0.05) is 13.2 Å². The highest BCUT2D eigenvalue weighted by Crippen LogP contribution is 2.18. The molecular formula is C16H27NO3. The molecule has 114 valence electrons. The fourth-order valence-electron chi connectivity index (χ4n) is 2.02. The Morgan fingerprint density at radius 3 is 2.65 bits per heavy atom. The van der Waals surface area contributed by atoms with Gasteiger partial charge in [0.25, 0.3) is 0 Å². The molecular weight excluding hydrogens is 254 g/mol. The van der Waals surface area contributed by atoms with Crippen LogP contribution in [0.3, 0.4) is 0 Å². The third-order valence-corrected chi connectivity index (χ3v) is 3.26. The molecule has 0 aromatic heterocycles. The Hall–Kier alpha value is -1.10. The number of aliphatic hydroxyl groups is 2. The Kier molecular flexibility index (Phi) is 7.59. The van der Waals surface area contributed by atoms with Crippen LogP contribution in [0.15, 0.2) is 18.2 Å². The maximum Gasteiger partial charge on any atom is 0.122 e. The molecule has 0 saturated heterocycles. The summed E-state index contributed by atoms with van der Waals surface area (Å²) < 4.78 is 5.63.